The van der Waals surface area contributed by atoms with E-state index < -0.39 is 0 Å². The summed E-state index contributed by atoms with van der Waals surface area (Å²) in [4.78, 5) is 31.7. The van der Waals surface area contributed by atoms with Crippen LogP contribution in [0.4, 0.5) is 5.69 Å². The molecule has 0 aliphatic heterocycles. The second-order valence-electron chi connectivity index (χ2n) is 4.91. The normalized spacial score (nSPS) is 10.6. The Bertz CT molecular complexity index is 967. The molecule has 2 aromatic heterocycles. The second kappa shape index (κ2) is 7.58. The van der Waals surface area contributed by atoms with Gasteiger partial charge in [0.1, 0.15) is 16.3 Å². The molecule has 2 heterocycles. The van der Waals surface area contributed by atoms with Gasteiger partial charge < -0.3 is 19.8 Å². The standard InChI is InChI=1S/C16H15N3O4S2/c1-22-9-3-4-11(12(7-9)23-2)17-13(20)8-25-16-18-14(21)10-5-6-24-15(10)19-16/h3-7H,8H2,1-2H3,(H,17,20)(H,18,19,21). The van der Waals surface area contributed by atoms with Crippen molar-refractivity contribution in [3.05, 3.63) is 40.0 Å². The van der Waals surface area contributed by atoms with Gasteiger partial charge in [-0.2, -0.15) is 0 Å². The molecule has 0 atom stereocenters. The minimum atomic E-state index is -0.234. The van der Waals surface area contributed by atoms with E-state index in [0.29, 0.717) is 32.6 Å². The van der Waals surface area contributed by atoms with Crippen LogP contribution in [0.25, 0.3) is 10.2 Å². The maximum absolute atomic E-state index is 12.2. The molecule has 0 unspecified atom stereocenters. The average molecular weight is 377 g/mol. The van der Waals surface area contributed by atoms with Crippen molar-refractivity contribution in [2.24, 2.45) is 0 Å². The van der Waals surface area contributed by atoms with Crippen molar-refractivity contribution in [2.45, 2.75) is 5.16 Å². The Morgan fingerprint density at radius 1 is 1.32 bits per heavy atom. The van der Waals surface area contributed by atoms with E-state index in [2.05, 4.69) is 15.3 Å². The van der Waals surface area contributed by atoms with Gasteiger partial charge in [-0.1, -0.05) is 11.8 Å². The minimum absolute atomic E-state index is 0.106. The first-order chi connectivity index (χ1) is 12.1. The molecule has 0 saturated heterocycles. The van der Waals surface area contributed by atoms with E-state index in [1.54, 1.807) is 31.4 Å². The lowest BCUT2D eigenvalue weighted by molar-refractivity contribution is -0.113. The molecule has 2 N–H and O–H groups in total. The number of thiophene rings is 1. The van der Waals surface area contributed by atoms with Crippen LogP contribution in [-0.4, -0.2) is 35.8 Å². The molecule has 1 amide bonds. The molecular weight excluding hydrogens is 362 g/mol. The average Bonchev–Trinajstić information content (AvgIpc) is 3.09. The summed E-state index contributed by atoms with van der Waals surface area (Å²) in [6, 6.07) is 6.85. The van der Waals surface area contributed by atoms with Gasteiger partial charge in [0.15, 0.2) is 5.16 Å². The topological polar surface area (TPSA) is 93.3 Å². The molecule has 0 bridgehead atoms. The van der Waals surface area contributed by atoms with Crippen LogP contribution in [0.15, 0.2) is 39.6 Å². The number of H-pyrrole nitrogens is 1. The molecule has 7 nitrogen and oxygen atoms in total. The highest BCUT2D eigenvalue weighted by atomic mass is 32.2. The summed E-state index contributed by atoms with van der Waals surface area (Å²) in [5, 5.41) is 5.55. The lowest BCUT2D eigenvalue weighted by Crippen LogP contribution is -2.16. The third-order valence-corrected chi connectivity index (χ3v) is 5.02. The molecule has 0 saturated carbocycles. The molecule has 0 radical (unpaired) electrons. The van der Waals surface area contributed by atoms with Crippen molar-refractivity contribution in [1.82, 2.24) is 9.97 Å². The van der Waals surface area contributed by atoms with Crippen LogP contribution >= 0.6 is 23.1 Å². The van der Waals surface area contributed by atoms with E-state index in [9.17, 15) is 9.59 Å². The number of nitrogens with zero attached hydrogens (tertiary/aromatic N) is 1. The predicted octanol–water partition coefficient (Wildman–Crippen LogP) is 2.73. The van der Waals surface area contributed by atoms with Crippen LogP contribution in [-0.2, 0) is 4.79 Å². The van der Waals surface area contributed by atoms with Crippen molar-refractivity contribution in [3.63, 3.8) is 0 Å². The van der Waals surface area contributed by atoms with Crippen LogP contribution < -0.4 is 20.3 Å². The molecule has 3 aromatic rings. The molecule has 0 spiro atoms. The fourth-order valence-electron chi connectivity index (χ4n) is 2.14. The van der Waals surface area contributed by atoms with Crippen LogP contribution in [0.1, 0.15) is 0 Å². The van der Waals surface area contributed by atoms with Crippen LogP contribution in [0.2, 0.25) is 0 Å². The van der Waals surface area contributed by atoms with E-state index in [-0.39, 0.29) is 17.2 Å². The van der Waals surface area contributed by atoms with Crippen LogP contribution in [0, 0.1) is 0 Å². The van der Waals surface area contributed by atoms with Crippen molar-refractivity contribution < 1.29 is 14.3 Å². The quantitative estimate of drug-likeness (QED) is 0.507. The molecule has 0 aliphatic rings. The summed E-state index contributed by atoms with van der Waals surface area (Å²) in [5.41, 5.74) is 0.343. The molecule has 3 rings (SSSR count). The van der Waals surface area contributed by atoms with Crippen LogP contribution in [0.5, 0.6) is 11.5 Å². The fraction of sp³-hybridized carbons (Fsp3) is 0.188. The van der Waals surface area contributed by atoms with Crippen molar-refractivity contribution in [1.29, 1.82) is 0 Å². The van der Waals surface area contributed by atoms with Gasteiger partial charge in [-0.3, -0.25) is 9.59 Å². The number of amides is 1. The summed E-state index contributed by atoms with van der Waals surface area (Å²) in [6.45, 7) is 0. The van der Waals surface area contributed by atoms with Crippen molar-refractivity contribution >= 4 is 44.9 Å². The van der Waals surface area contributed by atoms with Crippen molar-refractivity contribution in [2.75, 3.05) is 25.3 Å². The van der Waals surface area contributed by atoms with Gasteiger partial charge in [0.2, 0.25) is 5.91 Å². The monoisotopic (exact) mass is 377 g/mol. The number of rotatable bonds is 6. The smallest absolute Gasteiger partial charge is 0.260 e. The number of ether oxygens (including phenoxy) is 2. The molecule has 130 valence electrons. The highest BCUT2D eigenvalue weighted by molar-refractivity contribution is 7.99. The Hall–Kier alpha value is -2.52. The maximum atomic E-state index is 12.2. The Morgan fingerprint density at radius 2 is 2.16 bits per heavy atom. The largest absolute Gasteiger partial charge is 0.497 e. The van der Waals surface area contributed by atoms with Gasteiger partial charge in [0, 0.05) is 6.07 Å². The Morgan fingerprint density at radius 3 is 2.92 bits per heavy atom. The van der Waals surface area contributed by atoms with E-state index in [1.807, 2.05) is 5.38 Å². The number of hydrogen-bond donors (Lipinski definition) is 2. The SMILES string of the molecule is COc1ccc(NC(=O)CSc2nc3sccc3c(=O)[nH]2)c(OC)c1. The first-order valence-electron chi connectivity index (χ1n) is 7.23. The summed E-state index contributed by atoms with van der Waals surface area (Å²) in [5.74, 6) is 1.01. The number of benzene rings is 1. The summed E-state index contributed by atoms with van der Waals surface area (Å²) in [7, 11) is 3.08. The number of fused-ring (bicyclic) bond motifs is 1. The molecule has 0 fully saturated rings. The number of methoxy groups -OCH3 is 2. The zero-order valence-electron chi connectivity index (χ0n) is 13.5. The van der Waals surface area contributed by atoms with Gasteiger partial charge in [-0.05, 0) is 23.6 Å². The van der Waals surface area contributed by atoms with E-state index >= 15 is 0 Å². The van der Waals surface area contributed by atoms with E-state index in [0.717, 1.165) is 11.8 Å². The van der Waals surface area contributed by atoms with Gasteiger partial charge >= 0.3 is 0 Å². The van der Waals surface area contributed by atoms with Gasteiger partial charge in [-0.25, -0.2) is 4.98 Å². The summed E-state index contributed by atoms with van der Waals surface area (Å²) < 4.78 is 10.4. The maximum Gasteiger partial charge on any atom is 0.260 e. The molecule has 1 aromatic carbocycles. The first-order valence-corrected chi connectivity index (χ1v) is 9.09. The molecule has 25 heavy (non-hydrogen) atoms. The van der Waals surface area contributed by atoms with E-state index in [1.165, 1.54) is 18.4 Å². The highest BCUT2D eigenvalue weighted by Crippen LogP contribution is 2.29. The minimum Gasteiger partial charge on any atom is -0.497 e. The third kappa shape index (κ3) is 3.94. The van der Waals surface area contributed by atoms with Gasteiger partial charge in [0.05, 0.1) is 31.0 Å². The van der Waals surface area contributed by atoms with E-state index in [4.69, 9.17) is 9.47 Å². The number of hydrogen-bond acceptors (Lipinski definition) is 7. The Labute approximate surface area is 151 Å². The Balaban J connectivity index is 1.67. The number of aromatic amines is 1. The number of carbonyl (C=O) groups excluding carboxylic acids is 1. The third-order valence-electron chi connectivity index (χ3n) is 3.34. The molecule has 0 aliphatic carbocycles. The lowest BCUT2D eigenvalue weighted by Gasteiger charge is -2.11. The Kier molecular flexibility index (Phi) is 5.25. The van der Waals surface area contributed by atoms with Crippen LogP contribution in [0.3, 0.4) is 0 Å². The number of thioether (sulfide) groups is 1. The molecular formula is C16H15N3O4S2. The lowest BCUT2D eigenvalue weighted by atomic mass is 10.2. The predicted molar refractivity (Wildman–Crippen MR) is 99.1 cm³/mol. The highest BCUT2D eigenvalue weighted by Gasteiger charge is 2.11. The number of anilines is 1. The fourth-order valence-corrected chi connectivity index (χ4v) is 3.62. The zero-order valence-corrected chi connectivity index (χ0v) is 15.1. The summed E-state index contributed by atoms with van der Waals surface area (Å²) in [6.07, 6.45) is 0. The number of nitrogens with one attached hydrogen (secondary N) is 2. The summed E-state index contributed by atoms with van der Waals surface area (Å²) >= 11 is 2.55. The van der Waals surface area contributed by atoms with Crippen molar-refractivity contribution in [3.8, 4) is 11.5 Å². The number of carbonyl (C=O) groups is 1. The number of aromatic nitrogens is 2. The zero-order chi connectivity index (χ0) is 17.8. The second-order valence-corrected chi connectivity index (χ2v) is 6.77. The van der Waals surface area contributed by atoms with Gasteiger partial charge in [0.25, 0.3) is 5.56 Å². The van der Waals surface area contributed by atoms with Gasteiger partial charge in [-0.15, -0.1) is 11.3 Å². The first kappa shape index (κ1) is 17.3. The molecule has 9 heteroatoms.